The Morgan fingerprint density at radius 3 is 1.70 bits per heavy atom. The Hall–Kier alpha value is -1.76. The second-order valence-corrected chi connectivity index (χ2v) is 6.67. The van der Waals surface area contributed by atoms with Crippen molar-refractivity contribution in [3.8, 4) is 0 Å². The third-order valence-corrected chi connectivity index (χ3v) is 4.80. The van der Waals surface area contributed by atoms with E-state index in [0.717, 1.165) is 11.1 Å². The van der Waals surface area contributed by atoms with E-state index in [2.05, 4.69) is 0 Å². The van der Waals surface area contributed by atoms with Gasteiger partial charge < -0.3 is 23.7 Å². The van der Waals surface area contributed by atoms with Gasteiger partial charge in [-0.3, -0.25) is 0 Å². The summed E-state index contributed by atoms with van der Waals surface area (Å²) in [6, 6.07) is 20.1. The fourth-order valence-electron chi connectivity index (χ4n) is 3.39. The first-order valence-electron chi connectivity index (χ1n) is 9.25. The van der Waals surface area contributed by atoms with Crippen molar-refractivity contribution in [3.05, 3.63) is 71.8 Å². The molecule has 5 atom stereocenters. The molecule has 2 aromatic carbocycles. The van der Waals surface area contributed by atoms with Crippen molar-refractivity contribution in [3.63, 3.8) is 0 Å². The van der Waals surface area contributed by atoms with Crippen molar-refractivity contribution >= 4 is 0 Å². The lowest BCUT2D eigenvalue weighted by Gasteiger charge is -2.44. The molecule has 1 aliphatic rings. The normalized spacial score (nSPS) is 28.2. The van der Waals surface area contributed by atoms with Crippen LogP contribution in [0.15, 0.2) is 60.7 Å². The zero-order chi connectivity index (χ0) is 19.1. The summed E-state index contributed by atoms with van der Waals surface area (Å²) in [4.78, 5) is 0. The van der Waals surface area contributed by atoms with Crippen molar-refractivity contribution in [1.82, 2.24) is 0 Å². The molecule has 5 heteroatoms. The summed E-state index contributed by atoms with van der Waals surface area (Å²) in [6.45, 7) is 2.89. The lowest BCUT2D eigenvalue weighted by molar-refractivity contribution is -0.310. The first-order valence-corrected chi connectivity index (χ1v) is 9.25. The summed E-state index contributed by atoms with van der Waals surface area (Å²) in [7, 11) is 3.29. The molecule has 5 nitrogen and oxygen atoms in total. The maximum absolute atomic E-state index is 6.27. The van der Waals surface area contributed by atoms with Crippen LogP contribution in [0.1, 0.15) is 18.1 Å². The molecule has 0 aliphatic carbocycles. The lowest BCUT2D eigenvalue weighted by Crippen LogP contribution is -2.59. The van der Waals surface area contributed by atoms with Gasteiger partial charge in [-0.1, -0.05) is 60.7 Å². The summed E-state index contributed by atoms with van der Waals surface area (Å²) >= 11 is 0. The Labute approximate surface area is 161 Å². The zero-order valence-corrected chi connectivity index (χ0v) is 16.1. The smallest absolute Gasteiger partial charge is 0.186 e. The van der Waals surface area contributed by atoms with E-state index in [1.807, 2.05) is 67.6 Å². The fourth-order valence-corrected chi connectivity index (χ4v) is 3.39. The van der Waals surface area contributed by atoms with Gasteiger partial charge in [0.1, 0.15) is 18.3 Å². The standard InChI is InChI=1S/C22H28O5/c1-16-19(23-2)20(25-14-17-10-6-4-7-11-17)21(22(24-3)27-16)26-15-18-12-8-5-9-13-18/h4-13,16,19-22H,14-15H2,1-3H3. The van der Waals surface area contributed by atoms with Gasteiger partial charge in [-0.25, -0.2) is 0 Å². The highest BCUT2D eigenvalue weighted by Gasteiger charge is 2.46. The maximum Gasteiger partial charge on any atom is 0.186 e. The number of hydrogen-bond donors (Lipinski definition) is 0. The Bertz CT molecular complexity index is 663. The van der Waals surface area contributed by atoms with E-state index >= 15 is 0 Å². The van der Waals surface area contributed by atoms with E-state index in [1.165, 1.54) is 0 Å². The van der Waals surface area contributed by atoms with Crippen molar-refractivity contribution in [2.75, 3.05) is 14.2 Å². The van der Waals surface area contributed by atoms with E-state index in [-0.39, 0.29) is 18.3 Å². The van der Waals surface area contributed by atoms with Crippen LogP contribution >= 0.6 is 0 Å². The van der Waals surface area contributed by atoms with E-state index in [0.29, 0.717) is 13.2 Å². The van der Waals surface area contributed by atoms with Crippen LogP contribution < -0.4 is 0 Å². The average Bonchev–Trinajstić information content (AvgIpc) is 2.72. The molecule has 0 amide bonds. The summed E-state index contributed by atoms with van der Waals surface area (Å²) in [6.07, 6.45) is -1.65. The Morgan fingerprint density at radius 1 is 0.704 bits per heavy atom. The summed E-state index contributed by atoms with van der Waals surface area (Å²) in [5.41, 5.74) is 2.18. The van der Waals surface area contributed by atoms with Gasteiger partial charge in [-0.2, -0.15) is 0 Å². The molecule has 146 valence electrons. The average molecular weight is 372 g/mol. The highest BCUT2D eigenvalue weighted by atomic mass is 16.7. The van der Waals surface area contributed by atoms with Gasteiger partial charge in [0.15, 0.2) is 6.29 Å². The molecule has 0 N–H and O–H groups in total. The van der Waals surface area contributed by atoms with Gasteiger partial charge in [0.2, 0.25) is 0 Å². The zero-order valence-electron chi connectivity index (χ0n) is 16.1. The largest absolute Gasteiger partial charge is 0.376 e. The predicted molar refractivity (Wildman–Crippen MR) is 102 cm³/mol. The van der Waals surface area contributed by atoms with Crippen LogP contribution in [0.2, 0.25) is 0 Å². The van der Waals surface area contributed by atoms with Crippen LogP contribution in [0, 0.1) is 0 Å². The molecule has 1 aliphatic heterocycles. The topological polar surface area (TPSA) is 46.2 Å². The van der Waals surface area contributed by atoms with Crippen LogP contribution in [0.5, 0.6) is 0 Å². The SMILES string of the molecule is COC1OC(C)C(OC)C(OCc2ccccc2)C1OCc1ccccc1. The molecule has 1 saturated heterocycles. The van der Waals surface area contributed by atoms with Gasteiger partial charge in [0, 0.05) is 14.2 Å². The van der Waals surface area contributed by atoms with Crippen molar-refractivity contribution in [2.24, 2.45) is 0 Å². The van der Waals surface area contributed by atoms with Gasteiger partial charge >= 0.3 is 0 Å². The van der Waals surface area contributed by atoms with Gasteiger partial charge in [0.25, 0.3) is 0 Å². The van der Waals surface area contributed by atoms with Crippen LogP contribution in [-0.4, -0.2) is 44.9 Å². The minimum Gasteiger partial charge on any atom is -0.376 e. The third-order valence-electron chi connectivity index (χ3n) is 4.80. The van der Waals surface area contributed by atoms with E-state index in [4.69, 9.17) is 23.7 Å². The second-order valence-electron chi connectivity index (χ2n) is 6.67. The first-order chi connectivity index (χ1) is 13.2. The quantitative estimate of drug-likeness (QED) is 0.709. The highest BCUT2D eigenvalue weighted by molar-refractivity contribution is 5.14. The van der Waals surface area contributed by atoms with Crippen LogP contribution in [-0.2, 0) is 36.9 Å². The molecule has 1 heterocycles. The number of hydrogen-bond acceptors (Lipinski definition) is 5. The molecular formula is C22H28O5. The van der Waals surface area contributed by atoms with Crippen molar-refractivity contribution < 1.29 is 23.7 Å². The molecule has 2 aromatic rings. The van der Waals surface area contributed by atoms with E-state index in [1.54, 1.807) is 14.2 Å². The maximum atomic E-state index is 6.27. The number of ether oxygens (including phenoxy) is 5. The van der Waals surface area contributed by atoms with Crippen LogP contribution in [0.25, 0.3) is 0 Å². The Kier molecular flexibility index (Phi) is 7.38. The van der Waals surface area contributed by atoms with Crippen molar-refractivity contribution in [1.29, 1.82) is 0 Å². The summed E-state index contributed by atoms with van der Waals surface area (Å²) < 4.78 is 29.7. The lowest BCUT2D eigenvalue weighted by atomic mass is 9.99. The predicted octanol–water partition coefficient (Wildman–Crippen LogP) is 3.56. The molecular weight excluding hydrogens is 344 g/mol. The van der Waals surface area contributed by atoms with Crippen LogP contribution in [0.4, 0.5) is 0 Å². The van der Waals surface area contributed by atoms with Crippen molar-refractivity contribution in [2.45, 2.75) is 50.8 Å². The molecule has 0 aromatic heterocycles. The van der Waals surface area contributed by atoms with E-state index in [9.17, 15) is 0 Å². The molecule has 3 rings (SSSR count). The second kappa shape index (κ2) is 9.97. The molecule has 0 spiro atoms. The molecule has 0 radical (unpaired) electrons. The Morgan fingerprint density at radius 2 is 1.22 bits per heavy atom. The van der Waals surface area contributed by atoms with Crippen LogP contribution in [0.3, 0.4) is 0 Å². The Balaban J connectivity index is 1.75. The van der Waals surface area contributed by atoms with Gasteiger partial charge in [-0.15, -0.1) is 0 Å². The molecule has 1 fully saturated rings. The summed E-state index contributed by atoms with van der Waals surface area (Å²) in [5, 5.41) is 0. The number of benzene rings is 2. The molecule has 0 bridgehead atoms. The fraction of sp³-hybridized carbons (Fsp3) is 0.455. The minimum atomic E-state index is -0.518. The van der Waals surface area contributed by atoms with Gasteiger partial charge in [0.05, 0.1) is 19.3 Å². The highest BCUT2D eigenvalue weighted by Crippen LogP contribution is 2.29. The molecule has 5 unspecified atom stereocenters. The number of methoxy groups -OCH3 is 2. The number of rotatable bonds is 8. The summed E-state index contributed by atoms with van der Waals surface area (Å²) in [5.74, 6) is 0. The third kappa shape index (κ3) is 5.15. The molecule has 0 saturated carbocycles. The minimum absolute atomic E-state index is 0.169. The van der Waals surface area contributed by atoms with Gasteiger partial charge in [-0.05, 0) is 18.1 Å². The molecule has 27 heavy (non-hydrogen) atoms. The monoisotopic (exact) mass is 372 g/mol. The van der Waals surface area contributed by atoms with E-state index < -0.39 is 12.4 Å². The first kappa shape index (κ1) is 20.0.